The Morgan fingerprint density at radius 1 is 1.11 bits per heavy atom. The standard InChI is InChI=1S/C15H15FO3/c16-13-6-11(9-17)7-14(8-13)19-10-15(18)12-4-2-1-3-5-12/h1-8,15,17-18H,9-10H2. The lowest BCUT2D eigenvalue weighted by Gasteiger charge is -2.13. The predicted molar refractivity (Wildman–Crippen MR) is 69.2 cm³/mol. The van der Waals surface area contributed by atoms with E-state index in [-0.39, 0.29) is 13.2 Å². The Morgan fingerprint density at radius 2 is 1.84 bits per heavy atom. The topological polar surface area (TPSA) is 49.7 Å². The van der Waals surface area contributed by atoms with Crippen LogP contribution >= 0.6 is 0 Å². The third-order valence-electron chi connectivity index (χ3n) is 2.71. The summed E-state index contributed by atoms with van der Waals surface area (Å²) in [7, 11) is 0. The maximum Gasteiger partial charge on any atom is 0.127 e. The summed E-state index contributed by atoms with van der Waals surface area (Å²) in [6.07, 6.45) is -0.776. The van der Waals surface area contributed by atoms with Crippen LogP contribution in [0.4, 0.5) is 4.39 Å². The number of aliphatic hydroxyl groups excluding tert-OH is 2. The van der Waals surface area contributed by atoms with Gasteiger partial charge in [-0.3, -0.25) is 0 Å². The Morgan fingerprint density at radius 3 is 2.53 bits per heavy atom. The number of hydrogen-bond donors (Lipinski definition) is 2. The maximum atomic E-state index is 13.2. The highest BCUT2D eigenvalue weighted by molar-refractivity contribution is 5.29. The smallest absolute Gasteiger partial charge is 0.127 e. The summed E-state index contributed by atoms with van der Waals surface area (Å²) in [6, 6.07) is 13.1. The molecule has 4 heteroatoms. The van der Waals surface area contributed by atoms with Crippen LogP contribution in [0.5, 0.6) is 5.75 Å². The second kappa shape index (κ2) is 6.31. The SMILES string of the molecule is OCc1cc(F)cc(OCC(O)c2ccccc2)c1. The number of rotatable bonds is 5. The molecule has 0 heterocycles. The van der Waals surface area contributed by atoms with Crippen molar-refractivity contribution >= 4 is 0 Å². The summed E-state index contributed by atoms with van der Waals surface area (Å²) in [6.45, 7) is -0.228. The van der Waals surface area contributed by atoms with Crippen LogP contribution in [-0.2, 0) is 6.61 Å². The van der Waals surface area contributed by atoms with Gasteiger partial charge >= 0.3 is 0 Å². The molecule has 2 rings (SSSR count). The Balaban J connectivity index is 2.01. The van der Waals surface area contributed by atoms with E-state index in [4.69, 9.17) is 9.84 Å². The van der Waals surface area contributed by atoms with E-state index in [0.717, 1.165) is 5.56 Å². The first kappa shape index (κ1) is 13.5. The van der Waals surface area contributed by atoms with Gasteiger partial charge < -0.3 is 14.9 Å². The zero-order chi connectivity index (χ0) is 13.7. The molecule has 2 aromatic carbocycles. The van der Waals surface area contributed by atoms with Gasteiger partial charge in [-0.25, -0.2) is 4.39 Å². The van der Waals surface area contributed by atoms with Gasteiger partial charge in [0.1, 0.15) is 24.3 Å². The molecule has 2 aromatic rings. The van der Waals surface area contributed by atoms with Crippen LogP contribution in [0.1, 0.15) is 17.2 Å². The fourth-order valence-electron chi connectivity index (χ4n) is 1.74. The van der Waals surface area contributed by atoms with E-state index in [9.17, 15) is 9.50 Å². The van der Waals surface area contributed by atoms with E-state index in [0.29, 0.717) is 11.3 Å². The molecule has 0 radical (unpaired) electrons. The molecular formula is C15H15FO3. The average molecular weight is 262 g/mol. The molecule has 0 fully saturated rings. The van der Waals surface area contributed by atoms with Crippen LogP contribution in [-0.4, -0.2) is 16.8 Å². The quantitative estimate of drug-likeness (QED) is 0.870. The Hall–Kier alpha value is -1.91. The molecule has 2 N–H and O–H groups in total. The summed E-state index contributed by atoms with van der Waals surface area (Å²) in [5, 5.41) is 18.9. The number of aliphatic hydroxyl groups is 2. The molecule has 1 atom stereocenters. The van der Waals surface area contributed by atoms with Crippen molar-refractivity contribution in [3.8, 4) is 5.75 Å². The monoisotopic (exact) mass is 262 g/mol. The number of benzene rings is 2. The van der Waals surface area contributed by atoms with Crippen molar-refractivity contribution in [3.05, 3.63) is 65.5 Å². The minimum Gasteiger partial charge on any atom is -0.490 e. The molecule has 0 aromatic heterocycles. The summed E-state index contributed by atoms with van der Waals surface area (Å²) in [5.41, 5.74) is 1.17. The summed E-state index contributed by atoms with van der Waals surface area (Å²) in [5.74, 6) is -0.185. The summed E-state index contributed by atoms with van der Waals surface area (Å²) < 4.78 is 18.6. The second-order valence-corrected chi connectivity index (χ2v) is 4.19. The van der Waals surface area contributed by atoms with Crippen LogP contribution < -0.4 is 4.74 Å². The average Bonchev–Trinajstić information content (AvgIpc) is 2.45. The highest BCUT2D eigenvalue weighted by atomic mass is 19.1. The van der Waals surface area contributed by atoms with Crippen molar-refractivity contribution in [3.63, 3.8) is 0 Å². The molecule has 0 aliphatic carbocycles. The lowest BCUT2D eigenvalue weighted by atomic mass is 10.1. The molecule has 0 spiro atoms. The van der Waals surface area contributed by atoms with Gasteiger partial charge in [0.25, 0.3) is 0 Å². The fourth-order valence-corrected chi connectivity index (χ4v) is 1.74. The third kappa shape index (κ3) is 3.77. The number of halogens is 1. The van der Waals surface area contributed by atoms with Gasteiger partial charge in [-0.05, 0) is 23.3 Å². The van der Waals surface area contributed by atoms with Crippen LogP contribution in [0.15, 0.2) is 48.5 Å². The van der Waals surface area contributed by atoms with Crippen molar-refractivity contribution in [2.24, 2.45) is 0 Å². The molecular weight excluding hydrogens is 247 g/mol. The van der Waals surface area contributed by atoms with Crippen LogP contribution in [0.25, 0.3) is 0 Å². The Kier molecular flexibility index (Phi) is 4.49. The minimum atomic E-state index is -0.776. The predicted octanol–water partition coefficient (Wildman–Crippen LogP) is 2.43. The van der Waals surface area contributed by atoms with E-state index in [2.05, 4.69) is 0 Å². The lowest BCUT2D eigenvalue weighted by molar-refractivity contribution is 0.108. The first-order chi connectivity index (χ1) is 9.19. The molecule has 0 aliphatic rings. The molecule has 0 saturated carbocycles. The van der Waals surface area contributed by atoms with Crippen molar-refractivity contribution in [2.45, 2.75) is 12.7 Å². The van der Waals surface area contributed by atoms with Crippen LogP contribution in [0.2, 0.25) is 0 Å². The zero-order valence-corrected chi connectivity index (χ0v) is 10.3. The minimum absolute atomic E-state index is 0.0261. The first-order valence-corrected chi connectivity index (χ1v) is 5.95. The van der Waals surface area contributed by atoms with E-state index in [1.165, 1.54) is 12.1 Å². The van der Waals surface area contributed by atoms with Gasteiger partial charge in [0.05, 0.1) is 6.61 Å². The largest absolute Gasteiger partial charge is 0.490 e. The van der Waals surface area contributed by atoms with Gasteiger partial charge in [0, 0.05) is 6.07 Å². The Labute approximate surface area is 110 Å². The fraction of sp³-hybridized carbons (Fsp3) is 0.200. The molecule has 100 valence electrons. The van der Waals surface area contributed by atoms with E-state index in [1.54, 1.807) is 18.2 Å². The van der Waals surface area contributed by atoms with Gasteiger partial charge in [-0.15, -0.1) is 0 Å². The van der Waals surface area contributed by atoms with Gasteiger partial charge in [0.15, 0.2) is 0 Å². The number of ether oxygens (including phenoxy) is 1. The van der Waals surface area contributed by atoms with Crippen LogP contribution in [0.3, 0.4) is 0 Å². The van der Waals surface area contributed by atoms with Crippen LogP contribution in [0, 0.1) is 5.82 Å². The molecule has 1 unspecified atom stereocenters. The summed E-state index contributed by atoms with van der Waals surface area (Å²) >= 11 is 0. The van der Waals surface area contributed by atoms with Gasteiger partial charge in [-0.2, -0.15) is 0 Å². The molecule has 19 heavy (non-hydrogen) atoms. The van der Waals surface area contributed by atoms with E-state index in [1.807, 2.05) is 18.2 Å². The van der Waals surface area contributed by atoms with Crippen molar-refractivity contribution in [2.75, 3.05) is 6.61 Å². The maximum absolute atomic E-state index is 13.2. The number of hydrogen-bond acceptors (Lipinski definition) is 3. The van der Waals surface area contributed by atoms with E-state index >= 15 is 0 Å². The van der Waals surface area contributed by atoms with Gasteiger partial charge in [0.2, 0.25) is 0 Å². The van der Waals surface area contributed by atoms with Crippen molar-refractivity contribution in [1.29, 1.82) is 0 Å². The highest BCUT2D eigenvalue weighted by Gasteiger charge is 2.08. The summed E-state index contributed by atoms with van der Waals surface area (Å²) in [4.78, 5) is 0. The molecule has 0 saturated heterocycles. The Bertz CT molecular complexity index is 528. The molecule has 0 bridgehead atoms. The molecule has 0 amide bonds. The second-order valence-electron chi connectivity index (χ2n) is 4.19. The zero-order valence-electron chi connectivity index (χ0n) is 10.3. The first-order valence-electron chi connectivity index (χ1n) is 5.95. The molecule has 0 aliphatic heterocycles. The van der Waals surface area contributed by atoms with Crippen molar-refractivity contribution in [1.82, 2.24) is 0 Å². The molecule has 3 nitrogen and oxygen atoms in total. The van der Waals surface area contributed by atoms with Gasteiger partial charge in [-0.1, -0.05) is 30.3 Å². The third-order valence-corrected chi connectivity index (χ3v) is 2.71. The highest BCUT2D eigenvalue weighted by Crippen LogP contribution is 2.19. The lowest BCUT2D eigenvalue weighted by Crippen LogP contribution is -2.09. The van der Waals surface area contributed by atoms with E-state index < -0.39 is 11.9 Å². The normalized spacial score (nSPS) is 12.2. The van der Waals surface area contributed by atoms with Crippen molar-refractivity contribution < 1.29 is 19.3 Å².